The van der Waals surface area contributed by atoms with Gasteiger partial charge < -0.3 is 9.80 Å². The molecule has 1 fully saturated rings. The predicted molar refractivity (Wildman–Crippen MR) is 83.8 cm³/mol. The average molecular weight is 335 g/mol. The number of nitrogens with zero attached hydrogens (tertiary/aromatic N) is 4. The van der Waals surface area contributed by atoms with Crippen molar-refractivity contribution in [2.75, 3.05) is 23.8 Å². The molecule has 1 saturated heterocycles. The van der Waals surface area contributed by atoms with Crippen molar-refractivity contribution in [1.82, 2.24) is 15.1 Å². The summed E-state index contributed by atoms with van der Waals surface area (Å²) in [6.07, 6.45) is 0.438. The van der Waals surface area contributed by atoms with Gasteiger partial charge in [-0.3, -0.25) is 10.1 Å². The minimum absolute atomic E-state index is 0.234. The van der Waals surface area contributed by atoms with Gasteiger partial charge >= 0.3 is 6.03 Å². The van der Waals surface area contributed by atoms with E-state index in [-0.39, 0.29) is 11.6 Å². The van der Waals surface area contributed by atoms with Crippen LogP contribution < -0.4 is 10.2 Å². The van der Waals surface area contributed by atoms with E-state index in [2.05, 4.69) is 15.5 Å². The molecule has 0 saturated carbocycles. The van der Waals surface area contributed by atoms with E-state index in [1.807, 2.05) is 0 Å². The van der Waals surface area contributed by atoms with Crippen LogP contribution in [-0.2, 0) is 4.79 Å². The number of carbonyl (C=O) groups excluding carboxylic acids is 2. The van der Waals surface area contributed by atoms with Gasteiger partial charge in [-0.15, -0.1) is 10.2 Å². The Morgan fingerprint density at radius 3 is 2.96 bits per heavy atom. The average Bonchev–Trinajstić information content (AvgIpc) is 3.17. The third-order valence-corrected chi connectivity index (χ3v) is 4.29. The third kappa shape index (κ3) is 3.00. The molecule has 23 heavy (non-hydrogen) atoms. The lowest BCUT2D eigenvalue weighted by Crippen LogP contribution is -2.44. The van der Waals surface area contributed by atoms with Crippen molar-refractivity contribution in [3.05, 3.63) is 35.6 Å². The number of benzene rings is 1. The van der Waals surface area contributed by atoms with Crippen LogP contribution in [0.25, 0.3) is 0 Å². The number of amides is 3. The summed E-state index contributed by atoms with van der Waals surface area (Å²) < 4.78 is 13.9. The van der Waals surface area contributed by atoms with Crippen LogP contribution in [-0.4, -0.2) is 46.7 Å². The summed E-state index contributed by atoms with van der Waals surface area (Å²) in [4.78, 5) is 27.4. The summed E-state index contributed by atoms with van der Waals surface area (Å²) in [5.74, 6) is -0.757. The molecular weight excluding hydrogens is 321 g/mol. The van der Waals surface area contributed by atoms with E-state index in [1.165, 1.54) is 39.8 Å². The number of halogens is 1. The molecule has 2 heterocycles. The Bertz CT molecular complexity index is 724. The van der Waals surface area contributed by atoms with Gasteiger partial charge in [-0.25, -0.2) is 9.18 Å². The summed E-state index contributed by atoms with van der Waals surface area (Å²) in [6.45, 7) is 0.362. The molecule has 120 valence electrons. The van der Waals surface area contributed by atoms with Crippen molar-refractivity contribution in [2.24, 2.45) is 0 Å². The van der Waals surface area contributed by atoms with Crippen molar-refractivity contribution in [3.63, 3.8) is 0 Å². The van der Waals surface area contributed by atoms with E-state index < -0.39 is 17.9 Å². The minimum atomic E-state index is -0.637. The van der Waals surface area contributed by atoms with Crippen LogP contribution in [0.4, 0.5) is 20.0 Å². The molecule has 9 heteroatoms. The molecule has 0 unspecified atom stereocenters. The molecule has 0 bridgehead atoms. The minimum Gasteiger partial charge on any atom is -0.315 e. The molecule has 1 atom stereocenters. The van der Waals surface area contributed by atoms with Gasteiger partial charge in [-0.1, -0.05) is 23.5 Å². The Balaban J connectivity index is 1.71. The van der Waals surface area contributed by atoms with Crippen LogP contribution in [0.3, 0.4) is 0 Å². The third-order valence-electron chi connectivity index (χ3n) is 3.68. The van der Waals surface area contributed by atoms with Crippen LogP contribution in [0.5, 0.6) is 0 Å². The monoisotopic (exact) mass is 335 g/mol. The number of aromatic nitrogens is 2. The Labute approximate surface area is 135 Å². The Morgan fingerprint density at radius 1 is 1.48 bits per heavy atom. The SMILES string of the molecule is CN(C(=O)Nc1nncs1)[C@H]1CCN(c2ccccc2F)C1=O. The molecule has 1 aromatic carbocycles. The van der Waals surface area contributed by atoms with Crippen molar-refractivity contribution < 1.29 is 14.0 Å². The van der Waals surface area contributed by atoms with Gasteiger partial charge in [0.05, 0.1) is 5.69 Å². The molecule has 0 aliphatic carbocycles. The largest absolute Gasteiger partial charge is 0.324 e. The molecule has 0 spiro atoms. The smallest absolute Gasteiger partial charge is 0.315 e. The number of carbonyl (C=O) groups is 2. The fourth-order valence-corrected chi connectivity index (χ4v) is 2.92. The highest BCUT2D eigenvalue weighted by Gasteiger charge is 2.38. The lowest BCUT2D eigenvalue weighted by atomic mass is 10.2. The standard InChI is InChI=1S/C14H14FN5O2S/c1-19(14(22)17-13-18-16-8-23-13)11-6-7-20(12(11)21)10-5-3-2-4-9(10)15/h2-5,8,11H,6-7H2,1H3,(H,17,18,22)/t11-/m0/s1. The number of likely N-dealkylation sites (N-methyl/N-ethyl adjacent to an activating group) is 1. The van der Waals surface area contributed by atoms with Crippen LogP contribution >= 0.6 is 11.3 Å². The molecular formula is C14H14FN5O2S. The maximum atomic E-state index is 13.9. The Morgan fingerprint density at radius 2 is 2.26 bits per heavy atom. The highest BCUT2D eigenvalue weighted by atomic mass is 32.1. The molecule has 1 N–H and O–H groups in total. The number of nitrogens with one attached hydrogen (secondary N) is 1. The predicted octanol–water partition coefficient (Wildman–Crippen LogP) is 1.95. The molecule has 2 aromatic rings. The van der Waals surface area contributed by atoms with Crippen molar-refractivity contribution in [2.45, 2.75) is 12.5 Å². The van der Waals surface area contributed by atoms with Crippen LogP contribution in [0.1, 0.15) is 6.42 Å². The quantitative estimate of drug-likeness (QED) is 0.930. The van der Waals surface area contributed by atoms with Gasteiger partial charge in [-0.05, 0) is 18.6 Å². The zero-order valence-electron chi connectivity index (χ0n) is 12.3. The van der Waals surface area contributed by atoms with Crippen molar-refractivity contribution in [3.8, 4) is 0 Å². The van der Waals surface area contributed by atoms with Gasteiger partial charge in [0.25, 0.3) is 0 Å². The van der Waals surface area contributed by atoms with E-state index >= 15 is 0 Å². The first kappa shape index (κ1) is 15.3. The van der Waals surface area contributed by atoms with Gasteiger partial charge in [-0.2, -0.15) is 0 Å². The fourth-order valence-electron chi connectivity index (χ4n) is 2.48. The number of para-hydroxylation sites is 1. The first-order chi connectivity index (χ1) is 11.1. The molecule has 1 aliphatic rings. The zero-order chi connectivity index (χ0) is 16.4. The Hall–Kier alpha value is -2.55. The van der Waals surface area contributed by atoms with E-state index in [4.69, 9.17) is 0 Å². The Kier molecular flexibility index (Phi) is 4.20. The molecule has 3 rings (SSSR count). The normalized spacial score (nSPS) is 17.4. The summed E-state index contributed by atoms with van der Waals surface area (Å²) in [5.41, 5.74) is 1.73. The summed E-state index contributed by atoms with van der Waals surface area (Å²) in [7, 11) is 1.53. The molecule has 1 aliphatic heterocycles. The zero-order valence-corrected chi connectivity index (χ0v) is 13.1. The van der Waals surface area contributed by atoms with Crippen molar-refractivity contribution >= 4 is 34.1 Å². The number of anilines is 2. The van der Waals surface area contributed by atoms with Gasteiger partial charge in [0.2, 0.25) is 11.0 Å². The summed E-state index contributed by atoms with van der Waals surface area (Å²) in [5, 5.41) is 10.3. The first-order valence-electron chi connectivity index (χ1n) is 6.94. The van der Waals surface area contributed by atoms with Gasteiger partial charge in [0.15, 0.2) is 0 Å². The maximum Gasteiger partial charge on any atom is 0.324 e. The number of urea groups is 1. The van der Waals surface area contributed by atoms with Gasteiger partial charge in [0, 0.05) is 13.6 Å². The number of hydrogen-bond acceptors (Lipinski definition) is 5. The van der Waals surface area contributed by atoms with Crippen molar-refractivity contribution in [1.29, 1.82) is 0 Å². The summed E-state index contributed by atoms with van der Waals surface area (Å²) in [6, 6.07) is 5.01. The van der Waals surface area contributed by atoms with E-state index in [0.29, 0.717) is 18.1 Å². The molecule has 0 radical (unpaired) electrons. The molecule has 7 nitrogen and oxygen atoms in total. The van der Waals surface area contributed by atoms with E-state index in [1.54, 1.807) is 18.2 Å². The van der Waals surface area contributed by atoms with E-state index in [0.717, 1.165) is 0 Å². The lowest BCUT2D eigenvalue weighted by molar-refractivity contribution is -0.120. The topological polar surface area (TPSA) is 78.4 Å². The second-order valence-electron chi connectivity index (χ2n) is 5.03. The highest BCUT2D eigenvalue weighted by molar-refractivity contribution is 7.13. The maximum absolute atomic E-state index is 13.9. The number of hydrogen-bond donors (Lipinski definition) is 1. The first-order valence-corrected chi connectivity index (χ1v) is 7.82. The van der Waals surface area contributed by atoms with Crippen LogP contribution in [0.2, 0.25) is 0 Å². The second kappa shape index (κ2) is 6.29. The summed E-state index contributed by atoms with van der Waals surface area (Å²) >= 11 is 1.19. The van der Waals surface area contributed by atoms with E-state index in [9.17, 15) is 14.0 Å². The fraction of sp³-hybridized carbons (Fsp3) is 0.286. The van der Waals surface area contributed by atoms with Gasteiger partial charge in [0.1, 0.15) is 17.4 Å². The van der Waals surface area contributed by atoms with Crippen LogP contribution in [0, 0.1) is 5.82 Å². The number of rotatable bonds is 3. The van der Waals surface area contributed by atoms with Crippen LogP contribution in [0.15, 0.2) is 29.8 Å². The molecule has 1 aromatic heterocycles. The molecule has 3 amide bonds. The second-order valence-corrected chi connectivity index (χ2v) is 5.86. The highest BCUT2D eigenvalue weighted by Crippen LogP contribution is 2.26. The lowest BCUT2D eigenvalue weighted by Gasteiger charge is -2.23.